The Labute approximate surface area is 522 Å². The molecule has 0 unspecified atom stereocenters. The van der Waals surface area contributed by atoms with Crippen LogP contribution in [0.25, 0.3) is 0 Å². The standard InChI is InChI=1S/C25H23N3O4.C17H21N3O2.C16H12N2O3.C8H11N3.2ClH/c1-31-16-8-7-15(22(13-16)32-2)14-27-23-18-9-10-21(17(18)11-12-26-23)28-24(29)19-5-3-4-6-20(19)25(28)30;1-21-12-4-3-11(16(9-12)22-2)10-20-17-14-5-6-15(18)13(14)7-8-19-17;19-15-12-3-1-2-4-13(12)16(20)18(15)14-6-5-10-9-17(21)8-7-11(10)14;9-7-2-1-6-5(7)3-4-11-8(6)10;;/h3-8,11-13,21H,9-10,14H2,1-2H3,(H,26,27);3-4,7-9,15H,5-6,10,18H2,1-2H3,(H,19,20);1-4,7-9,14H,5-6H2;3-4,7H,1-2,9H2,(H2,10,11);2*1H/t21-;15-;14-;7-;;/m1111../s1. The van der Waals surface area contributed by atoms with Crippen molar-refractivity contribution >= 4 is 65.9 Å². The van der Waals surface area contributed by atoms with Crippen LogP contribution in [-0.2, 0) is 38.8 Å². The van der Waals surface area contributed by atoms with Crippen LogP contribution in [0, 0.1) is 5.21 Å². The van der Waals surface area contributed by atoms with Crippen LogP contribution in [0.4, 0.5) is 17.5 Å². The van der Waals surface area contributed by atoms with Crippen molar-refractivity contribution in [2.75, 3.05) is 44.8 Å². The molecule has 4 amide bonds. The van der Waals surface area contributed by atoms with Crippen molar-refractivity contribution in [1.29, 1.82) is 0 Å². The van der Waals surface area contributed by atoms with Gasteiger partial charge in [-0.15, -0.1) is 24.8 Å². The van der Waals surface area contributed by atoms with Gasteiger partial charge in [0.2, 0.25) is 0 Å². The Morgan fingerprint density at radius 3 is 1.42 bits per heavy atom. The number of pyridine rings is 4. The van der Waals surface area contributed by atoms with Crippen LogP contribution in [0.2, 0.25) is 0 Å². The maximum absolute atomic E-state index is 13.0. The van der Waals surface area contributed by atoms with Crippen LogP contribution in [0.15, 0.2) is 140 Å². The zero-order chi connectivity index (χ0) is 60.2. The predicted molar refractivity (Wildman–Crippen MR) is 337 cm³/mol. The third-order valence-corrected chi connectivity index (χ3v) is 16.8. The summed E-state index contributed by atoms with van der Waals surface area (Å²) in [5.41, 5.74) is 30.1. The highest BCUT2D eigenvalue weighted by Gasteiger charge is 2.44. The van der Waals surface area contributed by atoms with Crippen molar-refractivity contribution in [3.05, 3.63) is 223 Å². The highest BCUT2D eigenvalue weighted by atomic mass is 35.5. The van der Waals surface area contributed by atoms with E-state index in [2.05, 4.69) is 25.6 Å². The number of methoxy groups -OCH3 is 4. The fourth-order valence-electron chi connectivity index (χ4n) is 12.4. The first-order valence-corrected chi connectivity index (χ1v) is 28.6. The largest absolute Gasteiger partial charge is 0.619 e. The third-order valence-electron chi connectivity index (χ3n) is 16.8. The number of amides is 4. The number of halogens is 2. The van der Waals surface area contributed by atoms with Crippen LogP contribution < -0.4 is 51.5 Å². The maximum atomic E-state index is 13.0. The molecule has 6 heterocycles. The summed E-state index contributed by atoms with van der Waals surface area (Å²) >= 11 is 0. The Bertz CT molecular complexity index is 3860. The van der Waals surface area contributed by atoms with Crippen molar-refractivity contribution in [3.63, 3.8) is 0 Å². The van der Waals surface area contributed by atoms with Gasteiger partial charge in [0.05, 0.1) is 62.8 Å². The first-order valence-electron chi connectivity index (χ1n) is 28.6. The summed E-state index contributed by atoms with van der Waals surface area (Å²) in [6, 6.07) is 32.8. The van der Waals surface area contributed by atoms with Crippen molar-refractivity contribution in [2.45, 2.75) is 88.6 Å². The van der Waals surface area contributed by atoms with Gasteiger partial charge < -0.3 is 52.0 Å². The quantitative estimate of drug-likeness (QED) is 0.0432. The van der Waals surface area contributed by atoms with E-state index in [1.54, 1.807) is 95.4 Å². The first kappa shape index (κ1) is 63.2. The van der Waals surface area contributed by atoms with E-state index >= 15 is 0 Å². The fourth-order valence-corrected chi connectivity index (χ4v) is 12.4. The van der Waals surface area contributed by atoms with Crippen LogP contribution in [-0.4, -0.2) is 76.8 Å². The minimum atomic E-state index is -0.281. The lowest BCUT2D eigenvalue weighted by Gasteiger charge is -2.23. The molecule has 0 saturated carbocycles. The van der Waals surface area contributed by atoms with Gasteiger partial charge in [0, 0.05) is 78.7 Å². The number of aryl methyl sites for hydroxylation is 1. The van der Waals surface area contributed by atoms with E-state index in [1.807, 2.05) is 60.8 Å². The average Bonchev–Trinajstić information content (AvgIpc) is 2.09. The molecule has 4 aromatic carbocycles. The Hall–Kier alpha value is -9.34. The number of imide groups is 2. The highest BCUT2D eigenvalue weighted by Crippen LogP contribution is 2.43. The van der Waals surface area contributed by atoms with Crippen molar-refractivity contribution in [2.24, 2.45) is 11.5 Å². The van der Waals surface area contributed by atoms with Gasteiger partial charge in [0.15, 0.2) is 12.4 Å². The zero-order valence-electron chi connectivity index (χ0n) is 49.1. The number of benzene rings is 4. The number of rotatable bonds is 12. The molecule has 8 N–H and O–H groups in total. The molecule has 8 aromatic rings. The summed E-state index contributed by atoms with van der Waals surface area (Å²) in [7, 11) is 6.56. The number of carbonyl (C=O) groups excluding carboxylic acids is 4. The number of nitrogens with two attached hydrogens (primary N) is 3. The lowest BCUT2D eigenvalue weighted by atomic mass is 10.1. The molecule has 0 saturated heterocycles. The fraction of sp³-hybridized carbons (Fsp3) is 0.273. The minimum absolute atomic E-state index is 0. The summed E-state index contributed by atoms with van der Waals surface area (Å²) < 4.78 is 22.1. The SMILES string of the molecule is COc1ccc(CNc2nccc3c2CC[C@H]3N)c(OC)c1.COc1ccc(CNc2nccc3c2CC[C@H]3N2C(=O)c3ccccc3C2=O)c(OC)c1.Cl.Cl.Nc1nccc2c1CC[C@H]2N.O=C1c2ccccc2C(=O)N1[C@@H]1CCc2c[n+]([O-])ccc21. The Balaban J connectivity index is 0.000000146. The highest BCUT2D eigenvalue weighted by molar-refractivity contribution is 6.22. The van der Waals surface area contributed by atoms with Gasteiger partial charge in [-0.1, -0.05) is 24.3 Å². The smallest absolute Gasteiger partial charge is 0.262 e. The van der Waals surface area contributed by atoms with E-state index in [1.165, 1.54) is 38.9 Å². The number of nitrogen functional groups attached to an aromatic ring is 1. The van der Waals surface area contributed by atoms with Gasteiger partial charge in [-0.05, 0) is 157 Å². The Morgan fingerprint density at radius 1 is 0.523 bits per heavy atom. The zero-order valence-corrected chi connectivity index (χ0v) is 50.7. The molecule has 0 bridgehead atoms. The van der Waals surface area contributed by atoms with Gasteiger partial charge in [0.1, 0.15) is 40.5 Å². The van der Waals surface area contributed by atoms with E-state index in [9.17, 15) is 24.4 Å². The molecule has 4 atom stereocenters. The van der Waals surface area contributed by atoms with Crippen molar-refractivity contribution < 1.29 is 42.9 Å². The van der Waals surface area contributed by atoms with Gasteiger partial charge >= 0.3 is 0 Å². The van der Waals surface area contributed by atoms with E-state index in [0.717, 1.165) is 110 Å². The molecule has 22 heteroatoms. The van der Waals surface area contributed by atoms with Crippen LogP contribution in [0.3, 0.4) is 0 Å². The van der Waals surface area contributed by atoms with E-state index in [4.69, 9.17) is 36.1 Å². The normalized spacial score (nSPS) is 17.6. The molecule has 0 fully saturated rings. The van der Waals surface area contributed by atoms with Crippen LogP contribution in [0.5, 0.6) is 23.0 Å². The summed E-state index contributed by atoms with van der Waals surface area (Å²) in [6.45, 7) is 1.17. The molecule has 0 radical (unpaired) electrons. The van der Waals surface area contributed by atoms with Crippen LogP contribution in [0.1, 0.15) is 147 Å². The lowest BCUT2D eigenvalue weighted by molar-refractivity contribution is -0.605. The topological polar surface area (TPSA) is 279 Å². The Kier molecular flexibility index (Phi) is 19.8. The molecule has 88 heavy (non-hydrogen) atoms. The maximum Gasteiger partial charge on any atom is 0.262 e. The molecule has 14 rings (SSSR count). The number of ether oxygens (including phenoxy) is 4. The number of nitrogens with zero attached hydrogens (tertiary/aromatic N) is 6. The van der Waals surface area contributed by atoms with E-state index < -0.39 is 0 Å². The second-order valence-corrected chi connectivity index (χ2v) is 21.5. The molecule has 6 aliphatic rings. The van der Waals surface area contributed by atoms with E-state index in [-0.39, 0.29) is 72.6 Å². The molecule has 0 spiro atoms. The monoisotopic (exact) mass is 1230 g/mol. The third kappa shape index (κ3) is 12.5. The predicted octanol–water partition coefficient (Wildman–Crippen LogP) is 9.71. The average molecular weight is 1230 g/mol. The van der Waals surface area contributed by atoms with Crippen LogP contribution >= 0.6 is 24.8 Å². The van der Waals surface area contributed by atoms with Crippen molar-refractivity contribution in [3.8, 4) is 23.0 Å². The number of hydrogen-bond donors (Lipinski definition) is 5. The lowest BCUT2D eigenvalue weighted by Crippen LogP contribution is -2.33. The molecule has 2 aliphatic heterocycles. The van der Waals surface area contributed by atoms with Gasteiger partial charge in [0.25, 0.3) is 23.6 Å². The summed E-state index contributed by atoms with van der Waals surface area (Å²) in [5, 5.41) is 18.1. The minimum Gasteiger partial charge on any atom is -0.619 e. The van der Waals surface area contributed by atoms with Gasteiger partial charge in [-0.3, -0.25) is 29.0 Å². The van der Waals surface area contributed by atoms with Gasteiger partial charge in [-0.25, -0.2) is 15.0 Å². The summed E-state index contributed by atoms with van der Waals surface area (Å²) in [5.74, 6) is 4.44. The number of carbonyl (C=O) groups is 4. The number of anilines is 3. The number of nitrogens with one attached hydrogen (secondary N) is 2. The number of hydrogen-bond acceptors (Lipinski definition) is 17. The van der Waals surface area contributed by atoms with Gasteiger partial charge in [-0.2, -0.15) is 4.73 Å². The number of aromatic nitrogens is 4. The van der Waals surface area contributed by atoms with Crippen molar-refractivity contribution in [1.82, 2.24) is 24.8 Å². The summed E-state index contributed by atoms with van der Waals surface area (Å²) in [6.07, 6.45) is 15.0. The first-order chi connectivity index (χ1) is 41.8. The molecule has 4 aliphatic carbocycles. The second-order valence-electron chi connectivity index (χ2n) is 21.5. The van der Waals surface area contributed by atoms with E-state index in [0.29, 0.717) is 60.4 Å². The molecule has 20 nitrogen and oxygen atoms in total. The molecular weight excluding hydrogens is 1160 g/mol. The summed E-state index contributed by atoms with van der Waals surface area (Å²) in [4.78, 5) is 66.7. The molecular formula is C66H69Cl2N11O9. The molecule has 456 valence electrons. The Morgan fingerprint density at radius 2 is 0.943 bits per heavy atom. The molecule has 4 aromatic heterocycles. The number of fused-ring (bicyclic) bond motifs is 6. The second kappa shape index (κ2) is 27.6.